The summed E-state index contributed by atoms with van der Waals surface area (Å²) < 4.78 is 26.4. The largest absolute Gasteiger partial charge is 0.352 e. The molecule has 0 aliphatic rings. The van der Waals surface area contributed by atoms with Crippen molar-refractivity contribution in [3.05, 3.63) is 52.3 Å². The number of benzene rings is 1. The lowest BCUT2D eigenvalue weighted by Gasteiger charge is -2.10. The van der Waals surface area contributed by atoms with Crippen molar-refractivity contribution in [3.63, 3.8) is 0 Å². The van der Waals surface area contributed by atoms with Crippen LogP contribution in [-0.2, 0) is 10.0 Å². The number of pyridine rings is 1. The maximum Gasteiger partial charge on any atom is 0.258 e. The van der Waals surface area contributed by atoms with Gasteiger partial charge in [-0.25, -0.2) is 13.1 Å². The molecule has 1 amide bonds. The Morgan fingerprint density at radius 3 is 2.64 bits per heavy atom. The molecule has 0 saturated heterocycles. The minimum Gasteiger partial charge on any atom is -0.352 e. The smallest absolute Gasteiger partial charge is 0.258 e. The van der Waals surface area contributed by atoms with Crippen molar-refractivity contribution >= 4 is 33.8 Å². The van der Waals surface area contributed by atoms with Crippen molar-refractivity contribution in [1.82, 2.24) is 9.71 Å². The molecule has 116 valence electrons. The van der Waals surface area contributed by atoms with Crippen molar-refractivity contribution in [2.45, 2.75) is 11.8 Å². The molecule has 0 radical (unpaired) electrons. The first kappa shape index (κ1) is 16.3. The number of carbonyl (C=O) groups is 1. The predicted octanol–water partition coefficient (Wildman–Crippen LogP) is 2.21. The summed E-state index contributed by atoms with van der Waals surface area (Å²) in [6.45, 7) is 1.68. The number of anilines is 1. The lowest BCUT2D eigenvalue weighted by atomic mass is 10.2. The number of H-pyrrole nitrogens is 1. The molecular weight excluding hydrogens is 322 g/mol. The van der Waals surface area contributed by atoms with E-state index in [-0.39, 0.29) is 4.90 Å². The van der Waals surface area contributed by atoms with Crippen LogP contribution in [0.2, 0.25) is 0 Å². The molecule has 8 heteroatoms. The lowest BCUT2D eigenvalue weighted by molar-refractivity contribution is 0.102. The average molecular weight is 337 g/mol. The summed E-state index contributed by atoms with van der Waals surface area (Å²) in [6, 6.07) is 7.93. The van der Waals surface area contributed by atoms with Gasteiger partial charge in [0, 0.05) is 11.9 Å². The summed E-state index contributed by atoms with van der Waals surface area (Å²) >= 11 is 5.05. The molecule has 6 nitrogen and oxygen atoms in total. The summed E-state index contributed by atoms with van der Waals surface area (Å²) in [7, 11) is -2.25. The van der Waals surface area contributed by atoms with E-state index in [0.29, 0.717) is 21.5 Å². The van der Waals surface area contributed by atoms with Crippen LogP contribution in [0.1, 0.15) is 15.9 Å². The molecule has 0 spiro atoms. The zero-order valence-corrected chi connectivity index (χ0v) is 13.6. The van der Waals surface area contributed by atoms with E-state index in [2.05, 4.69) is 15.0 Å². The Morgan fingerprint density at radius 1 is 1.27 bits per heavy atom. The Morgan fingerprint density at radius 2 is 2.00 bits per heavy atom. The van der Waals surface area contributed by atoms with Crippen molar-refractivity contribution < 1.29 is 13.2 Å². The standard InChI is InChI=1S/C14H15N3O3S2/c1-9-5-6-10(8-12(9)22(19,20)15-2)17-13(18)11-4-3-7-16-14(11)21/h3-8,15H,1-2H3,(H,16,21)(H,17,18). The highest BCUT2D eigenvalue weighted by Gasteiger charge is 2.16. The summed E-state index contributed by atoms with van der Waals surface area (Å²) in [5.41, 5.74) is 1.28. The minimum absolute atomic E-state index is 0.117. The van der Waals surface area contributed by atoms with Gasteiger partial charge in [-0.3, -0.25) is 4.79 Å². The molecular formula is C14H15N3O3S2. The number of amides is 1. The summed E-state index contributed by atoms with van der Waals surface area (Å²) in [4.78, 5) is 15.1. The minimum atomic E-state index is -3.59. The Labute approximate surface area is 133 Å². The normalized spacial score (nSPS) is 11.2. The van der Waals surface area contributed by atoms with Crippen LogP contribution < -0.4 is 10.0 Å². The van der Waals surface area contributed by atoms with Gasteiger partial charge in [-0.2, -0.15) is 0 Å². The Kier molecular flexibility index (Phi) is 4.74. The van der Waals surface area contributed by atoms with Gasteiger partial charge in [0.15, 0.2) is 0 Å². The van der Waals surface area contributed by atoms with Crippen molar-refractivity contribution in [3.8, 4) is 0 Å². The Bertz CT molecular complexity index is 873. The van der Waals surface area contributed by atoms with E-state index in [4.69, 9.17) is 12.2 Å². The van der Waals surface area contributed by atoms with Gasteiger partial charge >= 0.3 is 0 Å². The number of aromatic nitrogens is 1. The molecule has 0 atom stereocenters. The molecule has 2 rings (SSSR count). The molecule has 22 heavy (non-hydrogen) atoms. The first-order chi connectivity index (χ1) is 10.3. The average Bonchev–Trinajstić information content (AvgIpc) is 2.49. The molecule has 0 fully saturated rings. The van der Waals surface area contributed by atoms with E-state index in [0.717, 1.165) is 0 Å². The Hall–Kier alpha value is -2.03. The number of carbonyl (C=O) groups excluding carboxylic acids is 1. The van der Waals surface area contributed by atoms with Crippen LogP contribution in [0.4, 0.5) is 5.69 Å². The van der Waals surface area contributed by atoms with Crippen molar-refractivity contribution in [2.24, 2.45) is 0 Å². The van der Waals surface area contributed by atoms with Crippen LogP contribution in [0.5, 0.6) is 0 Å². The molecule has 0 unspecified atom stereocenters. The zero-order chi connectivity index (χ0) is 16.3. The third-order valence-corrected chi connectivity index (χ3v) is 4.96. The molecule has 1 aromatic heterocycles. The number of nitrogens with one attached hydrogen (secondary N) is 3. The van der Waals surface area contributed by atoms with Crippen LogP contribution in [-0.4, -0.2) is 26.4 Å². The molecule has 1 heterocycles. The third kappa shape index (κ3) is 3.41. The maximum atomic E-state index is 12.2. The van der Waals surface area contributed by atoms with E-state index in [1.807, 2.05) is 0 Å². The van der Waals surface area contributed by atoms with Crippen LogP contribution >= 0.6 is 12.2 Å². The first-order valence-electron chi connectivity index (χ1n) is 6.38. The highest BCUT2D eigenvalue weighted by atomic mass is 32.2. The van der Waals surface area contributed by atoms with Crippen LogP contribution in [0.3, 0.4) is 0 Å². The topological polar surface area (TPSA) is 91.1 Å². The second kappa shape index (κ2) is 6.39. The lowest BCUT2D eigenvalue weighted by Crippen LogP contribution is -2.20. The van der Waals surface area contributed by atoms with Crippen molar-refractivity contribution in [2.75, 3.05) is 12.4 Å². The van der Waals surface area contributed by atoms with Gasteiger partial charge in [0.2, 0.25) is 10.0 Å². The van der Waals surface area contributed by atoms with Gasteiger partial charge in [-0.15, -0.1) is 0 Å². The molecule has 0 saturated carbocycles. The number of sulfonamides is 1. The van der Waals surface area contributed by atoms with E-state index in [1.165, 1.54) is 13.1 Å². The van der Waals surface area contributed by atoms with E-state index >= 15 is 0 Å². The van der Waals surface area contributed by atoms with Gasteiger partial charge in [0.05, 0.1) is 10.5 Å². The summed E-state index contributed by atoms with van der Waals surface area (Å²) in [6.07, 6.45) is 1.63. The summed E-state index contributed by atoms with van der Waals surface area (Å²) in [5, 5.41) is 2.65. The van der Waals surface area contributed by atoms with E-state index < -0.39 is 15.9 Å². The molecule has 0 aliphatic heterocycles. The number of aryl methyl sites for hydroxylation is 1. The van der Waals surface area contributed by atoms with Gasteiger partial charge in [-0.1, -0.05) is 18.3 Å². The molecule has 1 aromatic carbocycles. The number of hydrogen-bond acceptors (Lipinski definition) is 4. The second-order valence-electron chi connectivity index (χ2n) is 4.55. The highest BCUT2D eigenvalue weighted by Crippen LogP contribution is 2.20. The van der Waals surface area contributed by atoms with E-state index in [1.54, 1.807) is 37.4 Å². The zero-order valence-electron chi connectivity index (χ0n) is 12.0. The summed E-state index contributed by atoms with van der Waals surface area (Å²) in [5.74, 6) is -0.404. The molecule has 0 aliphatic carbocycles. The third-order valence-electron chi connectivity index (χ3n) is 3.07. The van der Waals surface area contributed by atoms with Crippen molar-refractivity contribution in [1.29, 1.82) is 0 Å². The predicted molar refractivity (Wildman–Crippen MR) is 87.0 cm³/mol. The quantitative estimate of drug-likeness (QED) is 0.746. The van der Waals surface area contributed by atoms with Crippen LogP contribution in [0.15, 0.2) is 41.4 Å². The number of hydrogen-bond donors (Lipinski definition) is 3. The van der Waals surface area contributed by atoms with E-state index in [9.17, 15) is 13.2 Å². The molecule has 0 bridgehead atoms. The van der Waals surface area contributed by atoms with Gasteiger partial charge < -0.3 is 10.3 Å². The Balaban J connectivity index is 2.36. The monoisotopic (exact) mass is 337 g/mol. The van der Waals surface area contributed by atoms with Crippen LogP contribution in [0.25, 0.3) is 0 Å². The van der Waals surface area contributed by atoms with Crippen LogP contribution in [0, 0.1) is 11.6 Å². The fraction of sp³-hybridized carbons (Fsp3) is 0.143. The van der Waals surface area contributed by atoms with Gasteiger partial charge in [0.1, 0.15) is 4.64 Å². The molecule has 3 N–H and O–H groups in total. The first-order valence-corrected chi connectivity index (χ1v) is 8.27. The molecule has 2 aromatic rings. The highest BCUT2D eigenvalue weighted by molar-refractivity contribution is 7.89. The van der Waals surface area contributed by atoms with Gasteiger partial charge in [-0.05, 0) is 43.8 Å². The fourth-order valence-corrected chi connectivity index (χ4v) is 3.10. The SMILES string of the molecule is CNS(=O)(=O)c1cc(NC(=O)c2ccc[nH]c2=S)ccc1C. The second-order valence-corrected chi connectivity index (χ2v) is 6.82. The fourth-order valence-electron chi connectivity index (χ4n) is 1.88. The maximum absolute atomic E-state index is 12.2. The number of rotatable bonds is 4. The number of aromatic amines is 1. The van der Waals surface area contributed by atoms with Gasteiger partial charge in [0.25, 0.3) is 5.91 Å².